The van der Waals surface area contributed by atoms with Crippen LogP contribution >= 0.6 is 11.3 Å². The maximum atomic E-state index is 12.7. The lowest BCUT2D eigenvalue weighted by Crippen LogP contribution is -2.37. The highest BCUT2D eigenvalue weighted by Gasteiger charge is 2.27. The van der Waals surface area contributed by atoms with Gasteiger partial charge in [0.1, 0.15) is 10.7 Å². The zero-order valence-corrected chi connectivity index (χ0v) is 17.9. The van der Waals surface area contributed by atoms with E-state index in [2.05, 4.69) is 34.4 Å². The van der Waals surface area contributed by atoms with Crippen molar-refractivity contribution in [2.75, 3.05) is 12.4 Å². The Hall–Kier alpha value is -2.48. The van der Waals surface area contributed by atoms with Crippen molar-refractivity contribution in [3.63, 3.8) is 0 Å². The quantitative estimate of drug-likeness (QED) is 0.706. The number of methoxy groups -OCH3 is 1. The average Bonchev–Trinajstić information content (AvgIpc) is 3.22. The van der Waals surface area contributed by atoms with Gasteiger partial charge in [-0.15, -0.1) is 11.3 Å². The second-order valence-electron chi connectivity index (χ2n) is 7.68. The van der Waals surface area contributed by atoms with Crippen molar-refractivity contribution >= 4 is 28.8 Å². The number of nitrogens with zero attached hydrogens (tertiary/aromatic N) is 2. The van der Waals surface area contributed by atoms with E-state index in [-0.39, 0.29) is 29.7 Å². The van der Waals surface area contributed by atoms with Gasteiger partial charge in [0, 0.05) is 17.4 Å². The van der Waals surface area contributed by atoms with Crippen LogP contribution in [0.15, 0.2) is 23.7 Å². The van der Waals surface area contributed by atoms with E-state index in [1.807, 2.05) is 0 Å². The van der Waals surface area contributed by atoms with E-state index in [0.717, 1.165) is 30.7 Å². The Labute approximate surface area is 175 Å². The second-order valence-corrected chi connectivity index (χ2v) is 8.57. The standard InChI is InChI=1S/C21H28N4O3S/c1-13(2)18(25-19(26)14-7-5-4-6-8-14)21-24-16(12-29-21)20(27)23-15-9-10-17(28-3)22-11-15/h9-14,18H,4-8H2,1-3H3,(H,23,27)(H,25,26)/t18-/m1/s1. The zero-order chi connectivity index (χ0) is 20.8. The molecular weight excluding hydrogens is 388 g/mol. The molecule has 2 aromatic heterocycles. The predicted molar refractivity (Wildman–Crippen MR) is 113 cm³/mol. The molecule has 1 aliphatic carbocycles. The van der Waals surface area contributed by atoms with Gasteiger partial charge in [-0.05, 0) is 24.8 Å². The third-order valence-electron chi connectivity index (χ3n) is 5.16. The van der Waals surface area contributed by atoms with E-state index in [1.54, 1.807) is 17.5 Å². The molecule has 7 nitrogen and oxygen atoms in total. The van der Waals surface area contributed by atoms with Crippen LogP contribution < -0.4 is 15.4 Å². The van der Waals surface area contributed by atoms with Crippen molar-refractivity contribution in [3.05, 3.63) is 34.4 Å². The van der Waals surface area contributed by atoms with Gasteiger partial charge in [-0.25, -0.2) is 9.97 Å². The molecule has 8 heteroatoms. The van der Waals surface area contributed by atoms with Crippen molar-refractivity contribution in [2.24, 2.45) is 11.8 Å². The van der Waals surface area contributed by atoms with E-state index in [1.165, 1.54) is 31.1 Å². The van der Waals surface area contributed by atoms with Crippen LogP contribution in [0.2, 0.25) is 0 Å². The summed E-state index contributed by atoms with van der Waals surface area (Å²) in [6.45, 7) is 4.10. The molecule has 0 aromatic carbocycles. The van der Waals surface area contributed by atoms with E-state index >= 15 is 0 Å². The highest BCUT2D eigenvalue weighted by molar-refractivity contribution is 7.10. The van der Waals surface area contributed by atoms with E-state index in [4.69, 9.17) is 4.74 Å². The van der Waals surface area contributed by atoms with Gasteiger partial charge >= 0.3 is 0 Å². The smallest absolute Gasteiger partial charge is 0.275 e. The lowest BCUT2D eigenvalue weighted by molar-refractivity contribution is -0.127. The van der Waals surface area contributed by atoms with Gasteiger partial charge in [0.15, 0.2) is 0 Å². The summed E-state index contributed by atoms with van der Waals surface area (Å²) in [6.07, 6.45) is 6.89. The number of nitrogens with one attached hydrogen (secondary N) is 2. The number of hydrogen-bond acceptors (Lipinski definition) is 6. The van der Waals surface area contributed by atoms with Crippen LogP contribution in [0.25, 0.3) is 0 Å². The summed E-state index contributed by atoms with van der Waals surface area (Å²) in [7, 11) is 1.54. The molecule has 1 atom stereocenters. The highest BCUT2D eigenvalue weighted by Crippen LogP contribution is 2.29. The summed E-state index contributed by atoms with van der Waals surface area (Å²) in [5.74, 6) is 0.549. The molecule has 29 heavy (non-hydrogen) atoms. The average molecular weight is 417 g/mol. The molecule has 156 valence electrons. The molecule has 0 radical (unpaired) electrons. The molecule has 1 fully saturated rings. The summed E-state index contributed by atoms with van der Waals surface area (Å²) >= 11 is 1.40. The van der Waals surface area contributed by atoms with E-state index in [9.17, 15) is 9.59 Å². The Kier molecular flexibility index (Phi) is 7.19. The molecule has 0 spiro atoms. The Balaban J connectivity index is 1.66. The molecular formula is C21H28N4O3S. The van der Waals surface area contributed by atoms with Crippen LogP contribution in [-0.2, 0) is 4.79 Å². The Morgan fingerprint density at radius 1 is 1.21 bits per heavy atom. The minimum Gasteiger partial charge on any atom is -0.481 e. The first kappa shape index (κ1) is 21.2. The minimum atomic E-state index is -0.305. The molecule has 0 unspecified atom stereocenters. The minimum absolute atomic E-state index is 0.0929. The summed E-state index contributed by atoms with van der Waals surface area (Å²) in [6, 6.07) is 3.20. The first-order valence-corrected chi connectivity index (χ1v) is 10.9. The molecule has 2 aromatic rings. The van der Waals surface area contributed by atoms with Crippen LogP contribution in [0.3, 0.4) is 0 Å². The highest BCUT2D eigenvalue weighted by atomic mass is 32.1. The van der Waals surface area contributed by atoms with Crippen molar-refractivity contribution in [3.8, 4) is 5.88 Å². The molecule has 0 bridgehead atoms. The summed E-state index contributed by atoms with van der Waals surface area (Å²) in [5, 5.41) is 8.43. The Morgan fingerprint density at radius 2 is 1.97 bits per heavy atom. The van der Waals surface area contributed by atoms with E-state index < -0.39 is 0 Å². The molecule has 2 N–H and O–H groups in total. The number of thiazole rings is 1. The van der Waals surface area contributed by atoms with Gasteiger partial charge in [0.2, 0.25) is 11.8 Å². The van der Waals surface area contributed by atoms with E-state index in [0.29, 0.717) is 17.3 Å². The van der Waals surface area contributed by atoms with Crippen LogP contribution in [0.5, 0.6) is 5.88 Å². The molecule has 2 heterocycles. The summed E-state index contributed by atoms with van der Waals surface area (Å²) < 4.78 is 5.02. The van der Waals surface area contributed by atoms with Gasteiger partial charge in [-0.2, -0.15) is 0 Å². The lowest BCUT2D eigenvalue weighted by atomic mass is 9.88. The number of carbonyl (C=O) groups excluding carboxylic acids is 2. The fourth-order valence-electron chi connectivity index (χ4n) is 3.45. The SMILES string of the molecule is COc1ccc(NC(=O)c2csc([C@H](NC(=O)C3CCCCC3)C(C)C)n2)cn1. The molecule has 1 saturated carbocycles. The van der Waals surface area contributed by atoms with Gasteiger partial charge in [-0.3, -0.25) is 9.59 Å². The number of anilines is 1. The molecule has 3 rings (SSSR count). The number of aromatic nitrogens is 2. The molecule has 1 aliphatic rings. The maximum absolute atomic E-state index is 12.7. The number of amides is 2. The zero-order valence-electron chi connectivity index (χ0n) is 17.1. The van der Waals surface area contributed by atoms with Crippen molar-refractivity contribution in [1.82, 2.24) is 15.3 Å². The van der Waals surface area contributed by atoms with Crippen molar-refractivity contribution in [1.29, 1.82) is 0 Å². The van der Waals surface area contributed by atoms with Gasteiger partial charge in [0.05, 0.1) is 25.0 Å². The first-order valence-electron chi connectivity index (χ1n) is 10.0. The summed E-state index contributed by atoms with van der Waals surface area (Å²) in [4.78, 5) is 33.8. The normalized spacial score (nSPS) is 15.7. The number of rotatable bonds is 7. The largest absolute Gasteiger partial charge is 0.481 e. The molecule has 2 amide bonds. The van der Waals surface area contributed by atoms with Crippen LogP contribution in [0.4, 0.5) is 5.69 Å². The number of hydrogen-bond donors (Lipinski definition) is 2. The number of ether oxygens (including phenoxy) is 1. The van der Waals surface area contributed by atoms with Crippen LogP contribution in [0.1, 0.15) is 67.5 Å². The van der Waals surface area contributed by atoms with Gasteiger partial charge in [0.25, 0.3) is 5.91 Å². The third kappa shape index (κ3) is 5.53. The fourth-order valence-corrected chi connectivity index (χ4v) is 4.48. The maximum Gasteiger partial charge on any atom is 0.275 e. The summed E-state index contributed by atoms with van der Waals surface area (Å²) in [5.41, 5.74) is 0.898. The number of pyridine rings is 1. The Bertz CT molecular complexity index is 829. The van der Waals surface area contributed by atoms with Crippen LogP contribution in [0, 0.1) is 11.8 Å². The first-order chi connectivity index (χ1) is 14.0. The molecule has 0 aliphatic heterocycles. The van der Waals surface area contributed by atoms with Crippen molar-refractivity contribution < 1.29 is 14.3 Å². The Morgan fingerprint density at radius 3 is 2.59 bits per heavy atom. The van der Waals surface area contributed by atoms with Crippen molar-refractivity contribution in [2.45, 2.75) is 52.0 Å². The topological polar surface area (TPSA) is 93.2 Å². The lowest BCUT2D eigenvalue weighted by Gasteiger charge is -2.26. The number of carbonyl (C=O) groups is 2. The fraction of sp³-hybridized carbons (Fsp3) is 0.524. The second kappa shape index (κ2) is 9.82. The third-order valence-corrected chi connectivity index (χ3v) is 6.09. The monoisotopic (exact) mass is 416 g/mol. The van der Waals surface area contributed by atoms with Crippen LogP contribution in [-0.4, -0.2) is 28.9 Å². The predicted octanol–water partition coefficient (Wildman–Crippen LogP) is 4.19. The molecule has 0 saturated heterocycles. The van der Waals surface area contributed by atoms with Gasteiger partial charge in [-0.1, -0.05) is 33.1 Å². The van der Waals surface area contributed by atoms with Gasteiger partial charge < -0.3 is 15.4 Å².